The molecule has 4 rings (SSSR count). The molecule has 9 nitrogen and oxygen atoms in total. The predicted octanol–water partition coefficient (Wildman–Crippen LogP) is 2.67. The molecule has 3 heterocycles. The molecule has 2 amide bonds. The minimum absolute atomic E-state index is 0.129. The first-order valence-electron chi connectivity index (χ1n) is 10.6. The molecule has 1 aliphatic rings. The molecular formula is C22H26N6O3S. The van der Waals surface area contributed by atoms with E-state index < -0.39 is 5.91 Å². The van der Waals surface area contributed by atoms with E-state index >= 15 is 0 Å². The molecule has 0 bridgehead atoms. The summed E-state index contributed by atoms with van der Waals surface area (Å²) in [4.78, 5) is 26.0. The standard InChI is InChI=1S/C22H26N6O3S/c23-19(29)9-10-20-25-26-22(28(20)14-18-4-3-13-31-18)32-15-21(30)24-16-5-7-17(8-6-16)27-11-1-2-12-27/h3-8,13H,1-2,9-12,14-15H2,(H2,23,29)(H,24,30). The lowest BCUT2D eigenvalue weighted by molar-refractivity contribution is -0.118. The quantitative estimate of drug-likeness (QED) is 0.452. The summed E-state index contributed by atoms with van der Waals surface area (Å²) >= 11 is 1.29. The molecule has 0 radical (unpaired) electrons. The molecule has 168 valence electrons. The normalized spacial score (nSPS) is 13.4. The van der Waals surface area contributed by atoms with Crippen molar-refractivity contribution in [1.29, 1.82) is 0 Å². The number of nitrogens with zero attached hydrogens (tertiary/aromatic N) is 4. The molecule has 10 heteroatoms. The zero-order chi connectivity index (χ0) is 22.3. The van der Waals surface area contributed by atoms with E-state index in [0.717, 1.165) is 24.5 Å². The van der Waals surface area contributed by atoms with E-state index in [1.165, 1.54) is 30.3 Å². The monoisotopic (exact) mass is 454 g/mol. The maximum absolute atomic E-state index is 12.5. The maximum atomic E-state index is 12.5. The van der Waals surface area contributed by atoms with Gasteiger partial charge in [-0.2, -0.15) is 0 Å². The Morgan fingerprint density at radius 3 is 2.59 bits per heavy atom. The zero-order valence-corrected chi connectivity index (χ0v) is 18.5. The fourth-order valence-electron chi connectivity index (χ4n) is 3.62. The Hall–Kier alpha value is -3.27. The van der Waals surface area contributed by atoms with Crippen molar-refractivity contribution in [2.45, 2.75) is 37.4 Å². The van der Waals surface area contributed by atoms with Crippen LogP contribution in [-0.2, 0) is 22.6 Å². The van der Waals surface area contributed by atoms with Crippen molar-refractivity contribution in [3.63, 3.8) is 0 Å². The Bertz CT molecular complexity index is 1040. The molecule has 1 aliphatic heterocycles. The molecule has 2 aromatic heterocycles. The summed E-state index contributed by atoms with van der Waals surface area (Å²) in [5.41, 5.74) is 7.22. The van der Waals surface area contributed by atoms with E-state index in [0.29, 0.717) is 23.9 Å². The van der Waals surface area contributed by atoms with Crippen molar-refractivity contribution >= 4 is 35.0 Å². The van der Waals surface area contributed by atoms with Crippen molar-refractivity contribution in [3.05, 3.63) is 54.2 Å². The number of hydrogen-bond donors (Lipinski definition) is 2. The molecule has 0 spiro atoms. The number of benzene rings is 1. The van der Waals surface area contributed by atoms with Gasteiger partial charge in [-0.3, -0.25) is 14.2 Å². The molecule has 0 saturated carbocycles. The zero-order valence-electron chi connectivity index (χ0n) is 17.7. The number of rotatable bonds is 10. The largest absolute Gasteiger partial charge is 0.467 e. The van der Waals surface area contributed by atoms with Gasteiger partial charge in [0.1, 0.15) is 11.6 Å². The second-order valence-corrected chi connectivity index (χ2v) is 8.55. The van der Waals surface area contributed by atoms with Crippen LogP contribution in [0.15, 0.2) is 52.2 Å². The highest BCUT2D eigenvalue weighted by atomic mass is 32.2. The number of aryl methyl sites for hydroxylation is 1. The van der Waals surface area contributed by atoms with Crippen LogP contribution < -0.4 is 16.0 Å². The number of carbonyl (C=O) groups excluding carboxylic acids is 2. The van der Waals surface area contributed by atoms with Crippen LogP contribution in [0.4, 0.5) is 11.4 Å². The average Bonchev–Trinajstić information content (AvgIpc) is 3.55. The second-order valence-electron chi connectivity index (χ2n) is 7.61. The van der Waals surface area contributed by atoms with E-state index in [4.69, 9.17) is 10.2 Å². The molecule has 32 heavy (non-hydrogen) atoms. The van der Waals surface area contributed by atoms with Crippen LogP contribution in [0.5, 0.6) is 0 Å². The number of hydrogen-bond acceptors (Lipinski definition) is 7. The van der Waals surface area contributed by atoms with Gasteiger partial charge in [-0.25, -0.2) is 0 Å². The van der Waals surface area contributed by atoms with Crippen LogP contribution in [0.1, 0.15) is 30.8 Å². The van der Waals surface area contributed by atoms with Gasteiger partial charge in [0.2, 0.25) is 11.8 Å². The minimum Gasteiger partial charge on any atom is -0.467 e. The van der Waals surface area contributed by atoms with Crippen LogP contribution in [0.2, 0.25) is 0 Å². The number of primary amides is 1. The average molecular weight is 455 g/mol. The van der Waals surface area contributed by atoms with Gasteiger partial charge in [0.15, 0.2) is 5.16 Å². The first-order chi connectivity index (χ1) is 15.6. The van der Waals surface area contributed by atoms with E-state index in [1.54, 1.807) is 12.3 Å². The Morgan fingerprint density at radius 2 is 1.91 bits per heavy atom. The van der Waals surface area contributed by atoms with Crippen LogP contribution in [0, 0.1) is 0 Å². The lowest BCUT2D eigenvalue weighted by atomic mass is 10.2. The molecule has 0 unspecified atom stereocenters. The fourth-order valence-corrected chi connectivity index (χ4v) is 4.38. The summed E-state index contributed by atoms with van der Waals surface area (Å²) in [6, 6.07) is 11.6. The summed E-state index contributed by atoms with van der Waals surface area (Å²) in [6.07, 6.45) is 4.60. The highest BCUT2D eigenvalue weighted by Gasteiger charge is 2.17. The molecular weight excluding hydrogens is 428 g/mol. The van der Waals surface area contributed by atoms with Gasteiger partial charge >= 0.3 is 0 Å². The van der Waals surface area contributed by atoms with Crippen molar-refractivity contribution in [2.75, 3.05) is 29.1 Å². The van der Waals surface area contributed by atoms with Crippen LogP contribution in [-0.4, -0.2) is 45.4 Å². The molecule has 1 saturated heterocycles. The number of nitrogens with one attached hydrogen (secondary N) is 1. The summed E-state index contributed by atoms with van der Waals surface area (Å²) < 4.78 is 7.29. The second kappa shape index (κ2) is 10.4. The highest BCUT2D eigenvalue weighted by Crippen LogP contribution is 2.23. The van der Waals surface area contributed by atoms with Crippen LogP contribution in [0.3, 0.4) is 0 Å². The van der Waals surface area contributed by atoms with Gasteiger partial charge in [-0.15, -0.1) is 10.2 Å². The molecule has 3 aromatic rings. The van der Waals surface area contributed by atoms with Crippen LogP contribution in [0.25, 0.3) is 0 Å². The summed E-state index contributed by atoms with van der Waals surface area (Å²) in [6.45, 7) is 2.58. The Labute approximate surface area is 190 Å². The van der Waals surface area contributed by atoms with Gasteiger partial charge in [0, 0.05) is 37.3 Å². The van der Waals surface area contributed by atoms with Crippen molar-refractivity contribution in [2.24, 2.45) is 5.73 Å². The lowest BCUT2D eigenvalue weighted by Gasteiger charge is -2.17. The number of carbonyl (C=O) groups is 2. The molecule has 0 atom stereocenters. The number of thioether (sulfide) groups is 1. The van der Waals surface area contributed by atoms with Gasteiger partial charge < -0.3 is 20.4 Å². The SMILES string of the molecule is NC(=O)CCc1nnc(SCC(=O)Nc2ccc(N3CCCC3)cc2)n1Cc1ccco1. The van der Waals surface area contributed by atoms with E-state index in [2.05, 4.69) is 20.4 Å². The van der Waals surface area contributed by atoms with Gasteiger partial charge in [0.25, 0.3) is 0 Å². The molecule has 1 aromatic carbocycles. The third-order valence-electron chi connectivity index (χ3n) is 5.24. The third kappa shape index (κ3) is 5.70. The number of anilines is 2. The van der Waals surface area contributed by atoms with E-state index in [1.807, 2.05) is 34.9 Å². The smallest absolute Gasteiger partial charge is 0.234 e. The van der Waals surface area contributed by atoms with E-state index in [9.17, 15) is 9.59 Å². The van der Waals surface area contributed by atoms with Gasteiger partial charge in [0.05, 0.1) is 18.6 Å². The number of furan rings is 1. The maximum Gasteiger partial charge on any atom is 0.234 e. The summed E-state index contributed by atoms with van der Waals surface area (Å²) in [5, 5.41) is 11.9. The van der Waals surface area contributed by atoms with Gasteiger partial charge in [-0.05, 0) is 49.2 Å². The Balaban J connectivity index is 1.36. The Kier molecular flexibility index (Phi) is 7.10. The van der Waals surface area contributed by atoms with E-state index in [-0.39, 0.29) is 18.1 Å². The summed E-state index contributed by atoms with van der Waals surface area (Å²) in [7, 11) is 0. The van der Waals surface area contributed by atoms with Crippen molar-refractivity contribution in [1.82, 2.24) is 14.8 Å². The molecule has 0 aliphatic carbocycles. The van der Waals surface area contributed by atoms with Crippen LogP contribution >= 0.6 is 11.8 Å². The fraction of sp³-hybridized carbons (Fsp3) is 0.364. The lowest BCUT2D eigenvalue weighted by Crippen LogP contribution is -2.18. The topological polar surface area (TPSA) is 119 Å². The number of nitrogens with two attached hydrogens (primary N) is 1. The summed E-state index contributed by atoms with van der Waals surface area (Å²) in [5.74, 6) is 1.01. The Morgan fingerprint density at radius 1 is 1.12 bits per heavy atom. The molecule has 1 fully saturated rings. The number of aromatic nitrogens is 3. The molecule has 3 N–H and O–H groups in total. The highest BCUT2D eigenvalue weighted by molar-refractivity contribution is 7.99. The number of amides is 2. The van der Waals surface area contributed by atoms with Gasteiger partial charge in [-0.1, -0.05) is 11.8 Å². The third-order valence-corrected chi connectivity index (χ3v) is 6.20. The van der Waals surface area contributed by atoms with Crippen molar-refractivity contribution < 1.29 is 14.0 Å². The minimum atomic E-state index is -0.401. The predicted molar refractivity (Wildman–Crippen MR) is 123 cm³/mol. The van der Waals surface area contributed by atoms with Crippen molar-refractivity contribution in [3.8, 4) is 0 Å². The first kappa shape index (κ1) is 21.9. The first-order valence-corrected chi connectivity index (χ1v) is 11.6.